The summed E-state index contributed by atoms with van der Waals surface area (Å²) in [5, 5.41) is 1.09. The monoisotopic (exact) mass is 142 g/mol. The Kier molecular flexibility index (Phi) is 15.9. The first-order valence-electron chi connectivity index (χ1n) is 1.77. The minimum absolute atomic E-state index is 0. The maximum Gasteiger partial charge on any atom is 1.00 e. The molecule has 0 N–H and O–H groups in total. The molecule has 2 heteroatoms. The van der Waals surface area contributed by atoms with Crippen molar-refractivity contribution in [2.24, 2.45) is 0 Å². The van der Waals surface area contributed by atoms with Crippen LogP contribution in [0.2, 0.25) is 0 Å². The molecule has 0 atom stereocenters. The number of rotatable bonds is 2. The predicted molar refractivity (Wildman–Crippen MR) is 28.4 cm³/mol. The first-order valence-corrected chi connectivity index (χ1v) is 2.89. The van der Waals surface area contributed by atoms with Crippen LogP contribution in [0.25, 0.3) is 0 Å². The van der Waals surface area contributed by atoms with Gasteiger partial charge in [0.15, 0.2) is 0 Å². The molecule has 0 saturated heterocycles. The summed E-state index contributed by atoms with van der Waals surface area (Å²) in [5.41, 5.74) is 0. The minimum Gasteiger partial charge on any atom is -0.343 e. The number of unbranched alkanes of at least 4 members (excludes halogenated alkanes) is 1. The molecule has 0 aliphatic rings. The standard InChI is InChI=1S/C4H8Br.Li/c1-2-3-4-5;/h1-4H2;/q-1;+1. The van der Waals surface area contributed by atoms with E-state index in [9.17, 15) is 0 Å². The van der Waals surface area contributed by atoms with Gasteiger partial charge in [-0.05, 0) is 0 Å². The molecule has 0 heterocycles. The maximum atomic E-state index is 3.65. The Bertz CT molecular complexity index is 15.0. The average molecular weight is 143 g/mol. The van der Waals surface area contributed by atoms with E-state index in [2.05, 4.69) is 22.9 Å². The first kappa shape index (κ1) is 10.1. The summed E-state index contributed by atoms with van der Waals surface area (Å²) < 4.78 is 0. The molecular weight excluding hydrogens is 135 g/mol. The molecule has 0 unspecified atom stereocenters. The molecule has 0 fully saturated rings. The fourth-order valence-corrected chi connectivity index (χ4v) is 0.491. The van der Waals surface area contributed by atoms with Gasteiger partial charge in [-0.15, -0.1) is 0 Å². The van der Waals surface area contributed by atoms with Crippen molar-refractivity contribution in [1.29, 1.82) is 0 Å². The molecule has 0 radical (unpaired) electrons. The normalized spacial score (nSPS) is 7.00. The van der Waals surface area contributed by atoms with Crippen LogP contribution in [0.4, 0.5) is 0 Å². The summed E-state index contributed by atoms with van der Waals surface area (Å²) in [5.74, 6) is 0. The van der Waals surface area contributed by atoms with Crippen molar-refractivity contribution in [1.82, 2.24) is 0 Å². The Balaban J connectivity index is 0. The Morgan fingerprint density at radius 1 is 1.50 bits per heavy atom. The largest absolute Gasteiger partial charge is 1.00 e. The van der Waals surface area contributed by atoms with Crippen LogP contribution in [0.1, 0.15) is 12.8 Å². The zero-order chi connectivity index (χ0) is 4.12. The molecule has 0 aromatic carbocycles. The Hall–Kier alpha value is 1.08. The second-order valence-electron chi connectivity index (χ2n) is 0.896. The number of hydrogen-bond donors (Lipinski definition) is 0. The second-order valence-corrected chi connectivity index (χ2v) is 1.69. The molecule has 0 nitrogen and oxygen atoms in total. The Morgan fingerprint density at radius 3 is 2.00 bits per heavy atom. The summed E-state index contributed by atoms with van der Waals surface area (Å²) >= 11 is 3.27. The molecule has 0 bridgehead atoms. The molecule has 0 amide bonds. The van der Waals surface area contributed by atoms with Gasteiger partial charge in [-0.25, -0.2) is 0 Å². The molecular formula is C4H8BrLi. The SMILES string of the molecule is [CH2-]CCCBr.[Li+]. The third-order valence-electron chi connectivity index (χ3n) is 0.384. The van der Waals surface area contributed by atoms with Gasteiger partial charge in [0.05, 0.1) is 0 Å². The fourth-order valence-electron chi connectivity index (χ4n) is 0.0945. The summed E-state index contributed by atoms with van der Waals surface area (Å²) in [6.07, 6.45) is 2.24. The smallest absolute Gasteiger partial charge is 0.343 e. The third-order valence-corrected chi connectivity index (χ3v) is 0.944. The number of alkyl halides is 1. The van der Waals surface area contributed by atoms with E-state index >= 15 is 0 Å². The van der Waals surface area contributed by atoms with Crippen molar-refractivity contribution in [3.8, 4) is 0 Å². The van der Waals surface area contributed by atoms with E-state index in [1.807, 2.05) is 0 Å². The van der Waals surface area contributed by atoms with E-state index in [0.717, 1.165) is 11.8 Å². The van der Waals surface area contributed by atoms with Crippen LogP contribution >= 0.6 is 15.9 Å². The van der Waals surface area contributed by atoms with Crippen LogP contribution < -0.4 is 18.9 Å². The predicted octanol–water partition coefficient (Wildman–Crippen LogP) is -1.00. The summed E-state index contributed by atoms with van der Waals surface area (Å²) in [6.45, 7) is 3.65. The van der Waals surface area contributed by atoms with E-state index < -0.39 is 0 Å². The van der Waals surface area contributed by atoms with E-state index in [4.69, 9.17) is 0 Å². The molecule has 0 saturated carbocycles. The van der Waals surface area contributed by atoms with Gasteiger partial charge in [0, 0.05) is 5.33 Å². The molecule has 0 aliphatic carbocycles. The van der Waals surface area contributed by atoms with E-state index in [0.29, 0.717) is 0 Å². The first-order chi connectivity index (χ1) is 2.41. The van der Waals surface area contributed by atoms with Crippen LogP contribution in [0.15, 0.2) is 0 Å². The Labute approximate surface area is 60.0 Å². The van der Waals surface area contributed by atoms with Gasteiger partial charge in [-0.1, -0.05) is 22.4 Å². The van der Waals surface area contributed by atoms with E-state index in [1.165, 1.54) is 6.42 Å². The summed E-state index contributed by atoms with van der Waals surface area (Å²) in [4.78, 5) is 0. The minimum atomic E-state index is 0. The van der Waals surface area contributed by atoms with Gasteiger partial charge in [-0.2, -0.15) is 6.42 Å². The van der Waals surface area contributed by atoms with Crippen LogP contribution in [0, 0.1) is 6.92 Å². The summed E-state index contributed by atoms with van der Waals surface area (Å²) in [6, 6.07) is 0. The molecule has 0 aromatic heterocycles. The van der Waals surface area contributed by atoms with Crippen molar-refractivity contribution in [3.05, 3.63) is 6.92 Å². The quantitative estimate of drug-likeness (QED) is 0.264. The molecule has 6 heavy (non-hydrogen) atoms. The molecule has 0 aromatic rings. The maximum absolute atomic E-state index is 3.65. The van der Waals surface area contributed by atoms with Gasteiger partial charge in [0.25, 0.3) is 0 Å². The second kappa shape index (κ2) is 9.42. The molecule has 0 spiro atoms. The Morgan fingerprint density at radius 2 is 2.00 bits per heavy atom. The van der Waals surface area contributed by atoms with Gasteiger partial charge < -0.3 is 6.92 Å². The van der Waals surface area contributed by atoms with Crippen molar-refractivity contribution in [2.45, 2.75) is 12.8 Å². The zero-order valence-electron chi connectivity index (χ0n) is 4.21. The van der Waals surface area contributed by atoms with Crippen molar-refractivity contribution in [2.75, 3.05) is 5.33 Å². The molecule has 32 valence electrons. The van der Waals surface area contributed by atoms with Crippen molar-refractivity contribution in [3.63, 3.8) is 0 Å². The zero-order valence-corrected chi connectivity index (χ0v) is 5.79. The van der Waals surface area contributed by atoms with Crippen molar-refractivity contribution >= 4 is 15.9 Å². The number of hydrogen-bond acceptors (Lipinski definition) is 0. The van der Waals surface area contributed by atoms with E-state index in [-0.39, 0.29) is 18.9 Å². The number of halogens is 1. The van der Waals surface area contributed by atoms with Crippen LogP contribution in [0.3, 0.4) is 0 Å². The van der Waals surface area contributed by atoms with Crippen LogP contribution in [-0.2, 0) is 0 Å². The van der Waals surface area contributed by atoms with Gasteiger partial charge in [-0.3, -0.25) is 0 Å². The third kappa shape index (κ3) is 8.91. The van der Waals surface area contributed by atoms with Crippen molar-refractivity contribution < 1.29 is 18.9 Å². The van der Waals surface area contributed by atoms with Crippen LogP contribution in [-0.4, -0.2) is 5.33 Å². The van der Waals surface area contributed by atoms with Gasteiger partial charge >= 0.3 is 18.9 Å². The summed E-state index contributed by atoms with van der Waals surface area (Å²) in [7, 11) is 0. The topological polar surface area (TPSA) is 0 Å². The molecule has 0 aliphatic heterocycles. The van der Waals surface area contributed by atoms with Gasteiger partial charge in [0.2, 0.25) is 0 Å². The average Bonchev–Trinajstić information content (AvgIpc) is 1.41. The molecule has 0 rings (SSSR count). The fraction of sp³-hybridized carbons (Fsp3) is 0.750. The van der Waals surface area contributed by atoms with Crippen LogP contribution in [0.5, 0.6) is 0 Å². The van der Waals surface area contributed by atoms with Gasteiger partial charge in [0.1, 0.15) is 0 Å². The van der Waals surface area contributed by atoms with E-state index in [1.54, 1.807) is 0 Å².